The van der Waals surface area contributed by atoms with Crippen LogP contribution in [0.15, 0.2) is 18.2 Å². The molecule has 1 aromatic rings. The van der Waals surface area contributed by atoms with Crippen molar-refractivity contribution in [3.8, 4) is 0 Å². The van der Waals surface area contributed by atoms with Crippen LogP contribution in [0.1, 0.15) is 66.4 Å². The van der Waals surface area contributed by atoms with Crippen LogP contribution in [0.25, 0.3) is 0 Å². The number of amides is 3. The molecule has 1 unspecified atom stereocenters. The van der Waals surface area contributed by atoms with Crippen LogP contribution in [0.4, 0.5) is 0 Å². The molecule has 1 saturated carbocycles. The van der Waals surface area contributed by atoms with E-state index in [1.807, 2.05) is 19.1 Å². The van der Waals surface area contributed by atoms with Gasteiger partial charge in [0.25, 0.3) is 5.91 Å². The standard InChI is InChI=1S/C14H14N2O3.C6H13N/c1-8-2-3-10-9(6-8)7-16(14(10)19)11-4-5-12(17)15-13(11)18;7-6-4-2-1-3-5-6/h2-3,6,11H,4-5,7H2,1H3,(H,15,17,18);6H,1-5,7H2. The maximum atomic E-state index is 12.3. The van der Waals surface area contributed by atoms with E-state index in [9.17, 15) is 14.4 Å². The lowest BCUT2D eigenvalue weighted by molar-refractivity contribution is -0.136. The number of aryl methyl sites for hydroxylation is 1. The summed E-state index contributed by atoms with van der Waals surface area (Å²) in [5, 5.41) is 2.29. The summed E-state index contributed by atoms with van der Waals surface area (Å²) in [5.74, 6) is -0.750. The highest BCUT2D eigenvalue weighted by Crippen LogP contribution is 2.27. The summed E-state index contributed by atoms with van der Waals surface area (Å²) in [7, 11) is 0. The average Bonchev–Trinajstić information content (AvgIpc) is 2.92. The molecule has 26 heavy (non-hydrogen) atoms. The minimum absolute atomic E-state index is 0.121. The Labute approximate surface area is 154 Å². The summed E-state index contributed by atoms with van der Waals surface area (Å²) < 4.78 is 0. The van der Waals surface area contributed by atoms with Crippen LogP contribution in [-0.4, -0.2) is 34.7 Å². The van der Waals surface area contributed by atoms with Crippen molar-refractivity contribution in [3.05, 3.63) is 34.9 Å². The quantitative estimate of drug-likeness (QED) is 0.752. The number of fused-ring (bicyclic) bond motifs is 1. The van der Waals surface area contributed by atoms with Gasteiger partial charge in [0, 0.05) is 24.6 Å². The first-order valence-corrected chi connectivity index (χ1v) is 9.45. The zero-order valence-corrected chi connectivity index (χ0v) is 15.3. The van der Waals surface area contributed by atoms with Crippen LogP contribution in [0.5, 0.6) is 0 Å². The summed E-state index contributed by atoms with van der Waals surface area (Å²) in [6, 6.07) is 5.68. The molecule has 6 nitrogen and oxygen atoms in total. The number of carbonyl (C=O) groups is 3. The van der Waals surface area contributed by atoms with Gasteiger partial charge < -0.3 is 10.6 Å². The van der Waals surface area contributed by atoms with Crippen LogP contribution < -0.4 is 11.1 Å². The molecule has 2 fully saturated rings. The second-order valence-corrected chi connectivity index (χ2v) is 7.46. The summed E-state index contributed by atoms with van der Waals surface area (Å²) in [5.41, 5.74) is 8.34. The molecule has 6 heteroatoms. The predicted molar refractivity (Wildman–Crippen MR) is 98.3 cm³/mol. The summed E-state index contributed by atoms with van der Waals surface area (Å²) in [6.07, 6.45) is 7.36. The first-order chi connectivity index (χ1) is 12.5. The molecular formula is C20H27N3O3. The molecule has 4 rings (SSSR count). The zero-order chi connectivity index (χ0) is 18.7. The molecule has 2 aliphatic heterocycles. The summed E-state index contributed by atoms with van der Waals surface area (Å²) in [4.78, 5) is 36.8. The number of hydrogen-bond acceptors (Lipinski definition) is 4. The van der Waals surface area contributed by atoms with Crippen molar-refractivity contribution in [2.45, 2.75) is 70.5 Å². The van der Waals surface area contributed by atoms with Gasteiger partial charge in [-0.15, -0.1) is 0 Å². The molecule has 3 aliphatic rings. The number of imide groups is 1. The van der Waals surface area contributed by atoms with Gasteiger partial charge in [-0.25, -0.2) is 0 Å². The number of nitrogens with zero attached hydrogens (tertiary/aromatic N) is 1. The average molecular weight is 357 g/mol. The van der Waals surface area contributed by atoms with Crippen LogP contribution in [0.2, 0.25) is 0 Å². The van der Waals surface area contributed by atoms with Crippen molar-refractivity contribution in [1.29, 1.82) is 0 Å². The van der Waals surface area contributed by atoms with Gasteiger partial charge >= 0.3 is 0 Å². The zero-order valence-electron chi connectivity index (χ0n) is 15.3. The summed E-state index contributed by atoms with van der Waals surface area (Å²) in [6.45, 7) is 2.42. The van der Waals surface area contributed by atoms with Crippen molar-refractivity contribution in [2.75, 3.05) is 0 Å². The fourth-order valence-electron chi connectivity index (χ4n) is 3.84. The molecule has 0 bridgehead atoms. The van der Waals surface area contributed by atoms with Gasteiger partial charge in [-0.1, -0.05) is 37.0 Å². The van der Waals surface area contributed by atoms with Gasteiger partial charge in [-0.3, -0.25) is 19.7 Å². The molecule has 1 aromatic carbocycles. The number of carbonyl (C=O) groups excluding carboxylic acids is 3. The first-order valence-electron chi connectivity index (χ1n) is 9.45. The van der Waals surface area contributed by atoms with Gasteiger partial charge in [0.15, 0.2) is 0 Å². The van der Waals surface area contributed by atoms with E-state index in [1.165, 1.54) is 32.1 Å². The Bertz CT molecular complexity index is 710. The monoisotopic (exact) mass is 357 g/mol. The molecule has 1 saturated heterocycles. The molecule has 0 spiro atoms. The van der Waals surface area contributed by atoms with Crippen LogP contribution in [-0.2, 0) is 16.1 Å². The predicted octanol–water partition coefficient (Wildman–Crippen LogP) is 2.03. The van der Waals surface area contributed by atoms with Crippen molar-refractivity contribution >= 4 is 17.7 Å². The molecule has 0 radical (unpaired) electrons. The van der Waals surface area contributed by atoms with Gasteiger partial charge in [0.2, 0.25) is 11.8 Å². The third-order valence-electron chi connectivity index (χ3n) is 5.33. The lowest BCUT2D eigenvalue weighted by Gasteiger charge is -2.29. The van der Waals surface area contributed by atoms with E-state index < -0.39 is 6.04 Å². The minimum Gasteiger partial charge on any atom is -0.328 e. The number of hydrogen-bond donors (Lipinski definition) is 2. The van der Waals surface area contributed by atoms with E-state index in [-0.39, 0.29) is 24.1 Å². The van der Waals surface area contributed by atoms with E-state index in [0.29, 0.717) is 24.6 Å². The Morgan fingerprint density at radius 1 is 1.08 bits per heavy atom. The van der Waals surface area contributed by atoms with E-state index in [4.69, 9.17) is 5.73 Å². The number of nitrogens with two attached hydrogens (primary N) is 1. The van der Waals surface area contributed by atoms with Gasteiger partial charge in [0.1, 0.15) is 6.04 Å². The van der Waals surface area contributed by atoms with Crippen LogP contribution in [0, 0.1) is 6.92 Å². The van der Waals surface area contributed by atoms with Crippen LogP contribution in [0.3, 0.4) is 0 Å². The Morgan fingerprint density at radius 3 is 2.42 bits per heavy atom. The topological polar surface area (TPSA) is 92.5 Å². The molecular weight excluding hydrogens is 330 g/mol. The Kier molecular flexibility index (Phi) is 5.71. The van der Waals surface area contributed by atoms with Crippen molar-refractivity contribution < 1.29 is 14.4 Å². The molecule has 1 aliphatic carbocycles. The lowest BCUT2D eigenvalue weighted by atomic mass is 9.97. The molecule has 3 amide bonds. The van der Waals surface area contributed by atoms with Crippen molar-refractivity contribution in [1.82, 2.24) is 10.2 Å². The Morgan fingerprint density at radius 2 is 1.81 bits per heavy atom. The Hall–Kier alpha value is -2.21. The van der Waals surface area contributed by atoms with E-state index in [1.54, 1.807) is 11.0 Å². The van der Waals surface area contributed by atoms with Crippen LogP contribution >= 0.6 is 0 Å². The highest BCUT2D eigenvalue weighted by Gasteiger charge is 2.38. The maximum absolute atomic E-state index is 12.3. The van der Waals surface area contributed by atoms with E-state index >= 15 is 0 Å². The third-order valence-corrected chi connectivity index (χ3v) is 5.33. The van der Waals surface area contributed by atoms with Gasteiger partial charge in [-0.2, -0.15) is 0 Å². The second-order valence-electron chi connectivity index (χ2n) is 7.46. The molecule has 1 atom stereocenters. The number of benzene rings is 1. The van der Waals surface area contributed by atoms with Crippen molar-refractivity contribution in [3.63, 3.8) is 0 Å². The van der Waals surface area contributed by atoms with Crippen molar-refractivity contribution in [2.24, 2.45) is 5.73 Å². The van der Waals surface area contributed by atoms with E-state index in [0.717, 1.165) is 11.1 Å². The highest BCUT2D eigenvalue weighted by molar-refractivity contribution is 6.05. The number of piperidine rings is 1. The second kappa shape index (κ2) is 7.99. The highest BCUT2D eigenvalue weighted by atomic mass is 16.2. The number of rotatable bonds is 1. The smallest absolute Gasteiger partial charge is 0.255 e. The fourth-order valence-corrected chi connectivity index (χ4v) is 3.84. The third kappa shape index (κ3) is 4.12. The lowest BCUT2D eigenvalue weighted by Crippen LogP contribution is -2.52. The largest absolute Gasteiger partial charge is 0.328 e. The Balaban J connectivity index is 0.000000236. The fraction of sp³-hybridized carbons (Fsp3) is 0.550. The SMILES string of the molecule is Cc1ccc2c(c1)CN(C1CCC(=O)NC1=O)C2=O.NC1CCCCC1. The van der Waals surface area contributed by atoms with Gasteiger partial charge in [0.05, 0.1) is 0 Å². The molecule has 3 N–H and O–H groups in total. The van der Waals surface area contributed by atoms with E-state index in [2.05, 4.69) is 5.32 Å². The minimum atomic E-state index is -0.530. The molecule has 0 aromatic heterocycles. The normalized spacial score (nSPS) is 23.2. The first kappa shape index (κ1) is 18.6. The molecule has 2 heterocycles. The van der Waals surface area contributed by atoms with Gasteiger partial charge in [-0.05, 0) is 37.8 Å². The summed E-state index contributed by atoms with van der Waals surface area (Å²) >= 11 is 0. The molecule has 140 valence electrons. The maximum Gasteiger partial charge on any atom is 0.255 e. The number of nitrogens with one attached hydrogen (secondary N) is 1.